The van der Waals surface area contributed by atoms with E-state index in [0.717, 1.165) is 43.5 Å². The minimum atomic E-state index is 0.246. The summed E-state index contributed by atoms with van der Waals surface area (Å²) in [5.74, 6) is 2.79. The van der Waals surface area contributed by atoms with Crippen LogP contribution < -0.4 is 9.47 Å². The Morgan fingerprint density at radius 1 is 1.39 bits per heavy atom. The summed E-state index contributed by atoms with van der Waals surface area (Å²) in [6.45, 7) is 7.54. The standard InChI is InChI=1S/C19H26N2O2/c1-3-22-18-10-16-9-14(2)23-19(16)11-17(18)13-21(8-4-7-20)12-15-5-6-15/h10-11,14-15H,3-6,8-9,12-13H2,1-2H3. The van der Waals surface area contributed by atoms with Crippen LogP contribution in [0, 0.1) is 17.2 Å². The van der Waals surface area contributed by atoms with Gasteiger partial charge in [-0.3, -0.25) is 4.90 Å². The zero-order valence-corrected chi connectivity index (χ0v) is 14.2. The molecule has 1 unspecified atom stereocenters. The van der Waals surface area contributed by atoms with Gasteiger partial charge in [-0.2, -0.15) is 5.26 Å². The maximum Gasteiger partial charge on any atom is 0.124 e. The van der Waals surface area contributed by atoms with Gasteiger partial charge in [-0.25, -0.2) is 0 Å². The summed E-state index contributed by atoms with van der Waals surface area (Å²) in [5, 5.41) is 8.90. The lowest BCUT2D eigenvalue weighted by molar-refractivity contribution is 0.247. The fraction of sp³-hybridized carbons (Fsp3) is 0.632. The summed E-state index contributed by atoms with van der Waals surface area (Å²) in [4.78, 5) is 2.39. The molecule has 1 aliphatic heterocycles. The average Bonchev–Trinajstić information content (AvgIpc) is 3.25. The van der Waals surface area contributed by atoms with Crippen LogP contribution in [-0.4, -0.2) is 30.7 Å². The van der Waals surface area contributed by atoms with Crippen LogP contribution in [0.15, 0.2) is 12.1 Å². The van der Waals surface area contributed by atoms with Crippen LogP contribution in [-0.2, 0) is 13.0 Å². The Bertz CT molecular complexity index is 590. The van der Waals surface area contributed by atoms with E-state index in [1.165, 1.54) is 24.0 Å². The largest absolute Gasteiger partial charge is 0.494 e. The molecule has 0 bridgehead atoms. The lowest BCUT2D eigenvalue weighted by atomic mass is 10.1. The topological polar surface area (TPSA) is 45.5 Å². The van der Waals surface area contributed by atoms with Crippen LogP contribution in [0.4, 0.5) is 0 Å². The maximum atomic E-state index is 8.90. The van der Waals surface area contributed by atoms with Gasteiger partial charge in [0.05, 0.1) is 12.7 Å². The summed E-state index contributed by atoms with van der Waals surface area (Å²) in [6, 6.07) is 6.57. The highest BCUT2D eigenvalue weighted by Crippen LogP contribution is 2.36. The van der Waals surface area contributed by atoms with Crippen molar-refractivity contribution >= 4 is 0 Å². The predicted molar refractivity (Wildman–Crippen MR) is 89.6 cm³/mol. The van der Waals surface area contributed by atoms with Gasteiger partial charge in [-0.1, -0.05) is 0 Å². The molecule has 1 atom stereocenters. The predicted octanol–water partition coefficient (Wildman–Crippen LogP) is 3.53. The lowest BCUT2D eigenvalue weighted by Gasteiger charge is -2.23. The highest BCUT2D eigenvalue weighted by molar-refractivity contribution is 5.48. The molecular weight excluding hydrogens is 288 g/mol. The van der Waals surface area contributed by atoms with Gasteiger partial charge in [-0.05, 0) is 44.7 Å². The molecule has 0 amide bonds. The summed E-state index contributed by atoms with van der Waals surface area (Å²) >= 11 is 0. The number of nitriles is 1. The molecule has 1 fully saturated rings. The average molecular weight is 314 g/mol. The summed E-state index contributed by atoms with van der Waals surface area (Å²) in [6.07, 6.45) is 4.43. The SMILES string of the molecule is CCOc1cc2c(cc1CN(CCC#N)CC1CC1)OC(C)C2. The van der Waals surface area contributed by atoms with Crippen molar-refractivity contribution in [2.24, 2.45) is 5.92 Å². The van der Waals surface area contributed by atoms with Crippen LogP contribution in [0.25, 0.3) is 0 Å². The maximum absolute atomic E-state index is 8.90. The van der Waals surface area contributed by atoms with Gasteiger partial charge in [0.2, 0.25) is 0 Å². The number of rotatable bonds is 8. The second kappa shape index (κ2) is 7.23. The molecule has 1 saturated carbocycles. The molecule has 0 aromatic heterocycles. The number of fused-ring (bicyclic) bond motifs is 1. The second-order valence-electron chi connectivity index (χ2n) is 6.72. The first-order chi connectivity index (χ1) is 11.2. The Kier molecular flexibility index (Phi) is 5.07. The van der Waals surface area contributed by atoms with Crippen LogP contribution in [0.1, 0.15) is 44.2 Å². The molecule has 0 radical (unpaired) electrons. The van der Waals surface area contributed by atoms with Crippen molar-refractivity contribution in [3.05, 3.63) is 23.3 Å². The van der Waals surface area contributed by atoms with Crippen LogP contribution in [0.2, 0.25) is 0 Å². The van der Waals surface area contributed by atoms with Crippen molar-refractivity contribution < 1.29 is 9.47 Å². The third-order valence-electron chi connectivity index (χ3n) is 4.53. The molecule has 1 aliphatic carbocycles. The molecule has 124 valence electrons. The third-order valence-corrected chi connectivity index (χ3v) is 4.53. The monoisotopic (exact) mass is 314 g/mol. The van der Waals surface area contributed by atoms with Gasteiger partial charge in [0.15, 0.2) is 0 Å². The van der Waals surface area contributed by atoms with E-state index in [4.69, 9.17) is 14.7 Å². The van der Waals surface area contributed by atoms with E-state index in [1.54, 1.807) is 0 Å². The molecule has 4 nitrogen and oxygen atoms in total. The van der Waals surface area contributed by atoms with Crippen molar-refractivity contribution in [1.82, 2.24) is 4.90 Å². The van der Waals surface area contributed by atoms with Crippen molar-refractivity contribution in [1.29, 1.82) is 5.26 Å². The number of ether oxygens (including phenoxy) is 2. The molecule has 2 aliphatic rings. The highest BCUT2D eigenvalue weighted by Gasteiger charge is 2.26. The van der Waals surface area contributed by atoms with Crippen LogP contribution in [0.3, 0.4) is 0 Å². The van der Waals surface area contributed by atoms with E-state index in [0.29, 0.717) is 13.0 Å². The molecule has 4 heteroatoms. The van der Waals surface area contributed by atoms with Crippen molar-refractivity contribution in [2.45, 2.75) is 52.2 Å². The first-order valence-corrected chi connectivity index (χ1v) is 8.74. The van der Waals surface area contributed by atoms with Crippen molar-refractivity contribution in [2.75, 3.05) is 19.7 Å². The normalized spacial score (nSPS) is 19.3. The zero-order chi connectivity index (χ0) is 16.2. The minimum absolute atomic E-state index is 0.246. The molecule has 0 saturated heterocycles. The molecule has 1 aromatic rings. The third kappa shape index (κ3) is 4.17. The zero-order valence-electron chi connectivity index (χ0n) is 14.2. The van der Waals surface area contributed by atoms with Gasteiger partial charge in [0.1, 0.15) is 17.6 Å². The second-order valence-corrected chi connectivity index (χ2v) is 6.72. The number of hydrogen-bond donors (Lipinski definition) is 0. The summed E-state index contributed by atoms with van der Waals surface area (Å²) in [5.41, 5.74) is 2.42. The highest BCUT2D eigenvalue weighted by atomic mass is 16.5. The fourth-order valence-corrected chi connectivity index (χ4v) is 3.24. The number of hydrogen-bond acceptors (Lipinski definition) is 4. The van der Waals surface area contributed by atoms with E-state index < -0.39 is 0 Å². The van der Waals surface area contributed by atoms with E-state index in [1.807, 2.05) is 6.92 Å². The smallest absolute Gasteiger partial charge is 0.124 e. The Labute approximate surface area is 139 Å². The molecule has 0 N–H and O–H groups in total. The first kappa shape index (κ1) is 16.1. The number of benzene rings is 1. The van der Waals surface area contributed by atoms with Gasteiger partial charge >= 0.3 is 0 Å². The van der Waals surface area contributed by atoms with E-state index in [-0.39, 0.29) is 6.10 Å². The van der Waals surface area contributed by atoms with Gasteiger partial charge in [0.25, 0.3) is 0 Å². The van der Waals surface area contributed by atoms with Gasteiger partial charge in [-0.15, -0.1) is 0 Å². The minimum Gasteiger partial charge on any atom is -0.494 e. The van der Waals surface area contributed by atoms with Crippen LogP contribution in [0.5, 0.6) is 11.5 Å². The quantitative estimate of drug-likeness (QED) is 0.736. The Morgan fingerprint density at radius 3 is 2.91 bits per heavy atom. The Morgan fingerprint density at radius 2 is 2.22 bits per heavy atom. The summed E-state index contributed by atoms with van der Waals surface area (Å²) in [7, 11) is 0. The molecule has 1 heterocycles. The number of nitrogens with zero attached hydrogens (tertiary/aromatic N) is 2. The van der Waals surface area contributed by atoms with Crippen molar-refractivity contribution in [3.63, 3.8) is 0 Å². The lowest BCUT2D eigenvalue weighted by Crippen LogP contribution is -2.27. The van der Waals surface area contributed by atoms with E-state index >= 15 is 0 Å². The van der Waals surface area contributed by atoms with E-state index in [9.17, 15) is 0 Å². The molecular formula is C19H26N2O2. The summed E-state index contributed by atoms with van der Waals surface area (Å²) < 4.78 is 11.8. The fourth-order valence-electron chi connectivity index (χ4n) is 3.24. The molecule has 0 spiro atoms. The van der Waals surface area contributed by atoms with Gasteiger partial charge in [0, 0.05) is 43.6 Å². The molecule has 3 rings (SSSR count). The van der Waals surface area contributed by atoms with Crippen LogP contribution >= 0.6 is 0 Å². The first-order valence-electron chi connectivity index (χ1n) is 8.74. The molecule has 23 heavy (non-hydrogen) atoms. The van der Waals surface area contributed by atoms with E-state index in [2.05, 4.69) is 30.0 Å². The van der Waals surface area contributed by atoms with Gasteiger partial charge < -0.3 is 9.47 Å². The van der Waals surface area contributed by atoms with Crippen molar-refractivity contribution in [3.8, 4) is 17.6 Å². The molecule has 1 aromatic carbocycles. The Hall–Kier alpha value is -1.73. The Balaban J connectivity index is 1.78.